The van der Waals surface area contributed by atoms with Crippen molar-refractivity contribution in [3.63, 3.8) is 0 Å². The second-order valence-corrected chi connectivity index (χ2v) is 8.89. The first-order valence-electron chi connectivity index (χ1n) is 7.15. The number of hydrogen-bond donors (Lipinski definition) is 0. The molecule has 11 heteroatoms. The maximum Gasteiger partial charge on any atom is 0.534 e. The molecule has 2 aromatic rings. The van der Waals surface area contributed by atoms with Crippen molar-refractivity contribution >= 4 is 20.0 Å². The van der Waals surface area contributed by atoms with E-state index >= 15 is 0 Å². The molecule has 0 saturated carbocycles. The van der Waals surface area contributed by atoms with Crippen LogP contribution < -0.4 is 4.18 Å². The summed E-state index contributed by atoms with van der Waals surface area (Å²) in [7, 11) is -9.26. The number of pyridine rings is 1. The smallest absolute Gasteiger partial charge is 0.355 e. The summed E-state index contributed by atoms with van der Waals surface area (Å²) in [6, 6.07) is 8.11. The van der Waals surface area contributed by atoms with Crippen LogP contribution in [0.1, 0.15) is 12.5 Å². The van der Waals surface area contributed by atoms with E-state index in [4.69, 9.17) is 0 Å². The molecule has 0 unspecified atom stereocenters. The maximum absolute atomic E-state index is 12.5. The molecule has 0 fully saturated rings. The highest BCUT2D eigenvalue weighted by Crippen LogP contribution is 2.29. The topological polar surface area (TPSA) is 90.4 Å². The Bertz CT molecular complexity index is 1010. The SMILES string of the molecule is CCc1cc(OS(=O)(=O)C(F)(F)F)nc(-c2ccc(S(C)(=O)=O)cc2)c1. The van der Waals surface area contributed by atoms with Gasteiger partial charge in [0.1, 0.15) is 0 Å². The number of benzene rings is 1. The third-order valence-electron chi connectivity index (χ3n) is 3.33. The van der Waals surface area contributed by atoms with Crippen molar-refractivity contribution in [3.8, 4) is 17.1 Å². The lowest BCUT2D eigenvalue weighted by Gasteiger charge is -2.11. The van der Waals surface area contributed by atoms with Gasteiger partial charge >= 0.3 is 15.6 Å². The minimum absolute atomic E-state index is 0.0593. The van der Waals surface area contributed by atoms with E-state index in [-0.39, 0.29) is 10.6 Å². The molecule has 2 rings (SSSR count). The van der Waals surface area contributed by atoms with Crippen molar-refractivity contribution in [2.24, 2.45) is 0 Å². The highest BCUT2D eigenvalue weighted by Gasteiger charge is 2.48. The fourth-order valence-corrected chi connectivity index (χ4v) is 3.02. The molecule has 0 aliphatic rings. The molecule has 0 bridgehead atoms. The Balaban J connectivity index is 2.48. The molecule has 1 heterocycles. The molecule has 0 radical (unpaired) electrons. The van der Waals surface area contributed by atoms with E-state index in [0.717, 1.165) is 12.3 Å². The number of rotatable bonds is 5. The lowest BCUT2D eigenvalue weighted by atomic mass is 10.1. The summed E-state index contributed by atoms with van der Waals surface area (Å²) in [6.45, 7) is 1.72. The second kappa shape index (κ2) is 6.88. The lowest BCUT2D eigenvalue weighted by molar-refractivity contribution is -0.0501. The Morgan fingerprint density at radius 1 is 1.04 bits per heavy atom. The van der Waals surface area contributed by atoms with Crippen molar-refractivity contribution < 1.29 is 34.2 Å². The molecule has 0 spiro atoms. The van der Waals surface area contributed by atoms with Crippen LogP contribution in [-0.2, 0) is 26.4 Å². The largest absolute Gasteiger partial charge is 0.534 e. The molecule has 26 heavy (non-hydrogen) atoms. The van der Waals surface area contributed by atoms with E-state index in [9.17, 15) is 30.0 Å². The van der Waals surface area contributed by atoms with Gasteiger partial charge in [-0.3, -0.25) is 0 Å². The van der Waals surface area contributed by atoms with Gasteiger partial charge in [-0.15, -0.1) is 0 Å². The van der Waals surface area contributed by atoms with Crippen LogP contribution in [0, 0.1) is 0 Å². The predicted octanol–water partition coefficient (Wildman–Crippen LogP) is 2.94. The van der Waals surface area contributed by atoms with E-state index in [1.165, 1.54) is 24.3 Å². The van der Waals surface area contributed by atoms with Crippen molar-refractivity contribution in [2.45, 2.75) is 23.7 Å². The Hall–Kier alpha value is -2.14. The quantitative estimate of drug-likeness (QED) is 0.557. The molecular weight excluding hydrogens is 395 g/mol. The molecule has 1 aromatic carbocycles. The Labute approximate surface area is 148 Å². The van der Waals surface area contributed by atoms with Crippen LogP contribution in [0.3, 0.4) is 0 Å². The number of aryl methyl sites for hydroxylation is 1. The zero-order valence-corrected chi connectivity index (χ0v) is 15.2. The average molecular weight is 409 g/mol. The summed E-state index contributed by atoms with van der Waals surface area (Å²) in [5, 5.41) is 0. The lowest BCUT2D eigenvalue weighted by Crippen LogP contribution is -2.28. The van der Waals surface area contributed by atoms with Gasteiger partial charge in [0.15, 0.2) is 9.84 Å². The molecule has 0 amide bonds. The number of aromatic nitrogens is 1. The van der Waals surface area contributed by atoms with Crippen LogP contribution >= 0.6 is 0 Å². The third-order valence-corrected chi connectivity index (χ3v) is 5.41. The Morgan fingerprint density at radius 3 is 2.08 bits per heavy atom. The van der Waals surface area contributed by atoms with Gasteiger partial charge < -0.3 is 4.18 Å². The molecule has 142 valence electrons. The summed E-state index contributed by atoms with van der Waals surface area (Å²) in [5.41, 5.74) is -4.54. The molecule has 0 N–H and O–H groups in total. The maximum atomic E-state index is 12.5. The van der Waals surface area contributed by atoms with Crippen LogP contribution in [0.5, 0.6) is 5.88 Å². The van der Waals surface area contributed by atoms with E-state index in [1.54, 1.807) is 13.0 Å². The first-order chi connectivity index (χ1) is 11.8. The number of alkyl halides is 3. The van der Waals surface area contributed by atoms with E-state index in [2.05, 4.69) is 9.17 Å². The normalized spacial score (nSPS) is 12.8. The summed E-state index contributed by atoms with van der Waals surface area (Å²) >= 11 is 0. The van der Waals surface area contributed by atoms with Crippen LogP contribution in [0.2, 0.25) is 0 Å². The van der Waals surface area contributed by atoms with Gasteiger partial charge in [0.25, 0.3) is 0 Å². The molecule has 0 aliphatic heterocycles. The molecule has 6 nitrogen and oxygen atoms in total. The molecule has 0 aliphatic carbocycles. The monoisotopic (exact) mass is 409 g/mol. The van der Waals surface area contributed by atoms with Crippen molar-refractivity contribution in [1.29, 1.82) is 0 Å². The highest BCUT2D eigenvalue weighted by atomic mass is 32.2. The van der Waals surface area contributed by atoms with Gasteiger partial charge in [-0.25, -0.2) is 13.4 Å². The Kier molecular flexibility index (Phi) is 5.34. The zero-order chi connectivity index (χ0) is 19.8. The van der Waals surface area contributed by atoms with E-state index in [1.807, 2.05) is 0 Å². The van der Waals surface area contributed by atoms with Crippen LogP contribution in [-0.4, -0.2) is 33.6 Å². The summed E-state index contributed by atoms with van der Waals surface area (Å²) < 4.78 is 86.8. The van der Waals surface area contributed by atoms with E-state index in [0.29, 0.717) is 17.5 Å². The summed E-state index contributed by atoms with van der Waals surface area (Å²) in [4.78, 5) is 3.85. The highest BCUT2D eigenvalue weighted by molar-refractivity contribution is 7.90. The standard InChI is InChI=1S/C15H14F3NO5S2/c1-3-10-8-13(11-4-6-12(7-5-11)25(2,20)21)19-14(9-10)24-26(22,23)15(16,17)18/h4-9H,3H2,1-2H3. The average Bonchev–Trinajstić information content (AvgIpc) is 2.52. The minimum Gasteiger partial charge on any atom is -0.355 e. The summed E-state index contributed by atoms with van der Waals surface area (Å²) in [6.07, 6.45) is 1.42. The molecule has 0 atom stereocenters. The van der Waals surface area contributed by atoms with Gasteiger partial charge in [-0.1, -0.05) is 19.1 Å². The zero-order valence-electron chi connectivity index (χ0n) is 13.6. The first-order valence-corrected chi connectivity index (χ1v) is 10.5. The fourth-order valence-electron chi connectivity index (χ4n) is 1.99. The van der Waals surface area contributed by atoms with Crippen molar-refractivity contribution in [2.75, 3.05) is 6.26 Å². The fraction of sp³-hybridized carbons (Fsp3) is 0.267. The second-order valence-electron chi connectivity index (χ2n) is 5.33. The van der Waals surface area contributed by atoms with Gasteiger partial charge in [0, 0.05) is 17.9 Å². The predicted molar refractivity (Wildman–Crippen MR) is 87.8 cm³/mol. The molecule has 1 aromatic heterocycles. The van der Waals surface area contributed by atoms with Crippen LogP contribution in [0.25, 0.3) is 11.3 Å². The van der Waals surface area contributed by atoms with Gasteiger partial charge in [0.05, 0.1) is 10.6 Å². The third kappa shape index (κ3) is 4.52. The van der Waals surface area contributed by atoms with Crippen LogP contribution in [0.15, 0.2) is 41.3 Å². The van der Waals surface area contributed by atoms with Gasteiger partial charge in [0.2, 0.25) is 5.88 Å². The minimum atomic E-state index is -5.84. The van der Waals surface area contributed by atoms with Gasteiger partial charge in [-0.05, 0) is 30.2 Å². The number of hydrogen-bond acceptors (Lipinski definition) is 6. The first kappa shape index (κ1) is 20.2. The Morgan fingerprint density at radius 2 is 1.62 bits per heavy atom. The number of sulfone groups is 1. The van der Waals surface area contributed by atoms with Crippen LogP contribution in [0.4, 0.5) is 13.2 Å². The van der Waals surface area contributed by atoms with Crippen molar-refractivity contribution in [1.82, 2.24) is 4.98 Å². The number of halogens is 3. The molecule has 0 saturated heterocycles. The number of nitrogens with zero attached hydrogens (tertiary/aromatic N) is 1. The summed E-state index contributed by atoms with van der Waals surface area (Å²) in [5.74, 6) is -0.719. The van der Waals surface area contributed by atoms with E-state index < -0.39 is 31.3 Å². The molecular formula is C15H14F3NO5S2. The van der Waals surface area contributed by atoms with Crippen molar-refractivity contribution in [3.05, 3.63) is 42.0 Å². The van der Waals surface area contributed by atoms with Gasteiger partial charge in [-0.2, -0.15) is 21.6 Å².